The molecule has 0 radical (unpaired) electrons. The molecule has 3 atom stereocenters. The summed E-state index contributed by atoms with van der Waals surface area (Å²) in [5.74, 6) is -0.198. The maximum Gasteiger partial charge on any atom is 0.268 e. The first-order valence-electron chi connectivity index (χ1n) is 34.7. The van der Waals surface area contributed by atoms with Gasteiger partial charge >= 0.3 is 0 Å². The van der Waals surface area contributed by atoms with Crippen molar-refractivity contribution in [2.75, 3.05) is 40.9 Å². The van der Waals surface area contributed by atoms with Crippen molar-refractivity contribution in [2.45, 2.75) is 373 Å². The predicted octanol–water partition coefficient (Wildman–Crippen LogP) is 21.3. The fourth-order valence-corrected chi connectivity index (χ4v) is 11.5. The van der Waals surface area contributed by atoms with Crippen LogP contribution in [0.5, 0.6) is 0 Å². The Morgan fingerprint density at radius 3 is 1.04 bits per heavy atom. The molecule has 0 aromatic heterocycles. The van der Waals surface area contributed by atoms with E-state index in [4.69, 9.17) is 9.05 Å². The molecular weight excluding hydrogens is 984 g/mol. The number of rotatable bonds is 65. The Labute approximate surface area is 487 Å². The molecule has 0 aromatic rings. The maximum atomic E-state index is 13.0. The van der Waals surface area contributed by atoms with Gasteiger partial charge in [0.05, 0.1) is 39.9 Å². The number of unbranched alkanes of at least 4 members (excludes halogenated alkanes) is 50. The summed E-state index contributed by atoms with van der Waals surface area (Å²) >= 11 is 0. The van der Waals surface area contributed by atoms with Gasteiger partial charge in [-0.2, -0.15) is 0 Å². The minimum atomic E-state index is -4.61. The van der Waals surface area contributed by atoms with Crippen LogP contribution in [-0.2, 0) is 18.4 Å². The second kappa shape index (κ2) is 60.6. The summed E-state index contributed by atoms with van der Waals surface area (Å²) < 4.78 is 23.4. The topological polar surface area (TPSA) is 108 Å². The number of nitrogens with one attached hydrogen (secondary N) is 1. The molecule has 2 N–H and O–H groups in total. The van der Waals surface area contributed by atoms with Crippen molar-refractivity contribution >= 4 is 13.7 Å². The molecule has 8 nitrogen and oxygen atoms in total. The molecule has 0 saturated heterocycles. The first kappa shape index (κ1) is 77.0. The number of likely N-dealkylation sites (N-methyl/N-ethyl adjacent to an activating group) is 1. The lowest BCUT2D eigenvalue weighted by Gasteiger charge is -2.29. The average molecular weight is 1120 g/mol. The van der Waals surface area contributed by atoms with Gasteiger partial charge in [0.2, 0.25) is 5.91 Å². The molecular formula is C69H137N2O6P. The monoisotopic (exact) mass is 1120 g/mol. The Bertz CT molecular complexity index is 1320. The fourth-order valence-electron chi connectivity index (χ4n) is 10.8. The number of carbonyl (C=O) groups is 1. The third-order valence-electron chi connectivity index (χ3n) is 16.2. The summed E-state index contributed by atoms with van der Waals surface area (Å²) in [4.78, 5) is 25.6. The van der Waals surface area contributed by atoms with E-state index in [0.717, 1.165) is 38.5 Å². The molecule has 78 heavy (non-hydrogen) atoms. The molecule has 0 heterocycles. The summed E-state index contributed by atoms with van der Waals surface area (Å²) in [5.41, 5.74) is 0. The molecule has 0 aromatic carbocycles. The lowest BCUT2D eigenvalue weighted by molar-refractivity contribution is -0.870. The molecule has 0 aliphatic rings. The number of hydrogen-bond acceptors (Lipinski definition) is 6. The molecule has 3 unspecified atom stereocenters. The average Bonchev–Trinajstić information content (AvgIpc) is 3.41. The standard InChI is InChI=1S/C69H137N2O6P/c1-6-8-10-12-14-16-18-20-22-24-26-28-30-32-34-35-36-37-38-40-42-44-46-48-50-52-54-56-58-60-62-68(72)67(66-77-78(74,75)76-65-64-71(3,4)5)70-69(73)63-61-59-57-55-53-51-49-47-45-43-41-39-33-31-29-27-25-23-21-19-17-15-13-11-9-7-2/h52,54,60,62,67-68,72H,6-51,53,55-59,61,63-66H2,1-5H3,(H-,70,73,74,75)/b54-52+,62-60+. The number of aliphatic hydroxyl groups excluding tert-OH is 1. The predicted molar refractivity (Wildman–Crippen MR) is 339 cm³/mol. The van der Waals surface area contributed by atoms with Crippen molar-refractivity contribution in [3.05, 3.63) is 24.3 Å². The minimum absolute atomic E-state index is 0.00342. The van der Waals surface area contributed by atoms with Gasteiger partial charge in [-0.05, 0) is 32.1 Å². The van der Waals surface area contributed by atoms with E-state index in [1.165, 1.54) is 302 Å². The maximum absolute atomic E-state index is 13.0. The quantitative estimate of drug-likeness (QED) is 0.0272. The van der Waals surface area contributed by atoms with Crippen molar-refractivity contribution in [3.63, 3.8) is 0 Å². The van der Waals surface area contributed by atoms with E-state index in [1.54, 1.807) is 6.08 Å². The first-order valence-corrected chi connectivity index (χ1v) is 36.2. The van der Waals surface area contributed by atoms with E-state index in [2.05, 4.69) is 31.3 Å². The van der Waals surface area contributed by atoms with Gasteiger partial charge in [0.1, 0.15) is 13.2 Å². The molecule has 0 bridgehead atoms. The van der Waals surface area contributed by atoms with Crippen LogP contribution in [0, 0.1) is 0 Å². The van der Waals surface area contributed by atoms with Crippen LogP contribution >= 0.6 is 7.82 Å². The van der Waals surface area contributed by atoms with E-state index >= 15 is 0 Å². The fraction of sp³-hybridized carbons (Fsp3) is 0.928. The van der Waals surface area contributed by atoms with Crippen molar-refractivity contribution in [1.29, 1.82) is 0 Å². The summed E-state index contributed by atoms with van der Waals surface area (Å²) in [7, 11) is 1.26. The molecule has 0 saturated carbocycles. The van der Waals surface area contributed by atoms with Crippen LogP contribution in [0.3, 0.4) is 0 Å². The Balaban J connectivity index is 4.08. The lowest BCUT2D eigenvalue weighted by Crippen LogP contribution is -2.45. The third kappa shape index (κ3) is 62.6. The van der Waals surface area contributed by atoms with Gasteiger partial charge < -0.3 is 28.8 Å². The smallest absolute Gasteiger partial charge is 0.268 e. The summed E-state index contributed by atoms with van der Waals surface area (Å²) in [6.45, 7) is 4.70. The van der Waals surface area contributed by atoms with Crippen LogP contribution in [0.25, 0.3) is 0 Å². The zero-order valence-electron chi connectivity index (χ0n) is 53.2. The number of carbonyl (C=O) groups excluding carboxylic acids is 1. The van der Waals surface area contributed by atoms with E-state index in [9.17, 15) is 19.4 Å². The number of allylic oxidation sites excluding steroid dienone is 3. The van der Waals surface area contributed by atoms with E-state index in [0.29, 0.717) is 17.4 Å². The van der Waals surface area contributed by atoms with Gasteiger partial charge in [0, 0.05) is 6.42 Å². The summed E-state index contributed by atoms with van der Waals surface area (Å²) in [6, 6.07) is -0.902. The zero-order valence-corrected chi connectivity index (χ0v) is 54.0. The van der Waals surface area contributed by atoms with Gasteiger partial charge in [-0.1, -0.05) is 346 Å². The number of quaternary nitrogens is 1. The molecule has 0 aliphatic heterocycles. The zero-order chi connectivity index (χ0) is 57.0. The highest BCUT2D eigenvalue weighted by atomic mass is 31.2. The molecule has 464 valence electrons. The first-order chi connectivity index (χ1) is 38.0. The molecule has 1 amide bonds. The molecule has 0 aliphatic carbocycles. The Hall–Kier alpha value is -1.02. The van der Waals surface area contributed by atoms with Crippen LogP contribution in [0.1, 0.15) is 361 Å². The van der Waals surface area contributed by atoms with E-state index in [-0.39, 0.29) is 19.1 Å². The molecule has 0 fully saturated rings. The van der Waals surface area contributed by atoms with Crippen LogP contribution in [-0.4, -0.2) is 68.5 Å². The third-order valence-corrected chi connectivity index (χ3v) is 17.1. The Kier molecular flexibility index (Phi) is 59.8. The number of phosphoric acid groups is 1. The lowest BCUT2D eigenvalue weighted by atomic mass is 10.0. The van der Waals surface area contributed by atoms with Crippen molar-refractivity contribution in [1.82, 2.24) is 5.32 Å². The van der Waals surface area contributed by atoms with Crippen molar-refractivity contribution < 1.29 is 32.9 Å². The van der Waals surface area contributed by atoms with Crippen molar-refractivity contribution in [2.24, 2.45) is 0 Å². The van der Waals surface area contributed by atoms with Gasteiger partial charge in [-0.15, -0.1) is 0 Å². The highest BCUT2D eigenvalue weighted by Crippen LogP contribution is 2.38. The number of hydrogen-bond donors (Lipinski definition) is 2. The summed E-state index contributed by atoms with van der Waals surface area (Å²) in [5, 5.41) is 13.9. The highest BCUT2D eigenvalue weighted by Gasteiger charge is 2.23. The van der Waals surface area contributed by atoms with E-state index < -0.39 is 20.0 Å². The Morgan fingerprint density at radius 2 is 0.718 bits per heavy atom. The Morgan fingerprint density at radius 1 is 0.436 bits per heavy atom. The van der Waals surface area contributed by atoms with Crippen LogP contribution in [0.15, 0.2) is 24.3 Å². The van der Waals surface area contributed by atoms with Gasteiger partial charge in [0.15, 0.2) is 0 Å². The van der Waals surface area contributed by atoms with Crippen LogP contribution < -0.4 is 10.2 Å². The van der Waals surface area contributed by atoms with Gasteiger partial charge in [-0.25, -0.2) is 0 Å². The van der Waals surface area contributed by atoms with Gasteiger partial charge in [0.25, 0.3) is 7.82 Å². The molecule has 9 heteroatoms. The normalized spacial score (nSPS) is 13.8. The number of aliphatic hydroxyl groups is 1. The molecule has 0 rings (SSSR count). The number of phosphoric ester groups is 1. The van der Waals surface area contributed by atoms with Crippen LogP contribution in [0.4, 0.5) is 0 Å². The minimum Gasteiger partial charge on any atom is -0.756 e. The number of nitrogens with zero attached hydrogens (tertiary/aromatic N) is 1. The molecule has 0 spiro atoms. The van der Waals surface area contributed by atoms with E-state index in [1.807, 2.05) is 27.2 Å². The van der Waals surface area contributed by atoms with Crippen LogP contribution in [0.2, 0.25) is 0 Å². The SMILES string of the molecule is CCCCCCCCCCCCCCCCCCCCCCCCCC/C=C/CC/C=C/C(O)C(COP(=O)([O-])OCC[N+](C)(C)C)NC(=O)CCCCCCCCCCCCCCCCCCCCCCCCCCCC. The second-order valence-electron chi connectivity index (χ2n) is 25.2. The highest BCUT2D eigenvalue weighted by molar-refractivity contribution is 7.45. The largest absolute Gasteiger partial charge is 0.756 e. The van der Waals surface area contributed by atoms with Crippen molar-refractivity contribution in [3.8, 4) is 0 Å². The number of amides is 1. The summed E-state index contributed by atoms with van der Waals surface area (Å²) in [6.07, 6.45) is 78.8. The second-order valence-corrected chi connectivity index (χ2v) is 26.7. The van der Waals surface area contributed by atoms with Gasteiger partial charge in [-0.3, -0.25) is 9.36 Å².